The van der Waals surface area contributed by atoms with Crippen molar-refractivity contribution < 1.29 is 14.3 Å². The zero-order valence-electron chi connectivity index (χ0n) is 18.4. The smallest absolute Gasteiger partial charge is 0.243 e. The van der Waals surface area contributed by atoms with E-state index in [1.807, 2.05) is 61.5 Å². The standard InChI is InChI=1S/C25H32N2O3S/c1-3-23(25(29)26-20-11-7-8-12-20)27(17-19-10-9-13-21(16-19)30-2)24(28)18-31-22-14-5-4-6-15-22/h4-6,9-10,13-16,20,23H,3,7-8,11-12,17-18H2,1-2H3,(H,26,29)/t23-/m1/s1. The molecule has 5 nitrogen and oxygen atoms in total. The fraction of sp³-hybridized carbons (Fsp3) is 0.440. The monoisotopic (exact) mass is 440 g/mol. The van der Waals surface area contributed by atoms with Gasteiger partial charge in [0.25, 0.3) is 0 Å². The van der Waals surface area contributed by atoms with Crippen molar-refractivity contribution in [3.05, 3.63) is 60.2 Å². The van der Waals surface area contributed by atoms with Crippen LogP contribution >= 0.6 is 11.8 Å². The minimum atomic E-state index is -0.490. The fourth-order valence-electron chi connectivity index (χ4n) is 4.00. The predicted octanol–water partition coefficient (Wildman–Crippen LogP) is 4.65. The van der Waals surface area contributed by atoms with E-state index in [9.17, 15) is 9.59 Å². The van der Waals surface area contributed by atoms with E-state index in [-0.39, 0.29) is 17.9 Å². The molecule has 1 aliphatic carbocycles. The molecule has 2 aromatic carbocycles. The molecule has 0 radical (unpaired) electrons. The van der Waals surface area contributed by atoms with E-state index in [1.54, 1.807) is 12.0 Å². The number of nitrogens with zero attached hydrogens (tertiary/aromatic N) is 1. The average molecular weight is 441 g/mol. The highest BCUT2D eigenvalue weighted by Gasteiger charge is 2.30. The van der Waals surface area contributed by atoms with Crippen molar-refractivity contribution in [1.29, 1.82) is 0 Å². The highest BCUT2D eigenvalue weighted by Crippen LogP contribution is 2.23. The van der Waals surface area contributed by atoms with Crippen LogP contribution in [-0.2, 0) is 16.1 Å². The number of thioether (sulfide) groups is 1. The summed E-state index contributed by atoms with van der Waals surface area (Å²) in [6.07, 6.45) is 4.93. The Bertz CT molecular complexity index is 853. The molecule has 1 fully saturated rings. The van der Waals surface area contributed by atoms with Crippen molar-refractivity contribution in [2.45, 2.75) is 62.6 Å². The third-order valence-corrected chi connectivity index (χ3v) is 6.68. The minimum Gasteiger partial charge on any atom is -0.497 e. The van der Waals surface area contributed by atoms with E-state index in [2.05, 4.69) is 5.32 Å². The summed E-state index contributed by atoms with van der Waals surface area (Å²) >= 11 is 1.50. The Morgan fingerprint density at radius 3 is 2.55 bits per heavy atom. The van der Waals surface area contributed by atoms with E-state index in [0.717, 1.165) is 41.9 Å². The van der Waals surface area contributed by atoms with Crippen molar-refractivity contribution in [2.24, 2.45) is 0 Å². The van der Waals surface area contributed by atoms with Crippen LogP contribution in [0.2, 0.25) is 0 Å². The van der Waals surface area contributed by atoms with Crippen LogP contribution in [0.4, 0.5) is 0 Å². The van der Waals surface area contributed by atoms with Crippen molar-refractivity contribution in [1.82, 2.24) is 10.2 Å². The summed E-state index contributed by atoms with van der Waals surface area (Å²) in [6.45, 7) is 2.34. The van der Waals surface area contributed by atoms with Crippen LogP contribution in [0.15, 0.2) is 59.5 Å². The number of hydrogen-bond acceptors (Lipinski definition) is 4. The maximum Gasteiger partial charge on any atom is 0.243 e. The number of methoxy groups -OCH3 is 1. The normalized spacial score (nSPS) is 14.8. The first kappa shape index (κ1) is 23.2. The van der Waals surface area contributed by atoms with Crippen LogP contribution < -0.4 is 10.1 Å². The summed E-state index contributed by atoms with van der Waals surface area (Å²) < 4.78 is 5.34. The van der Waals surface area contributed by atoms with Gasteiger partial charge in [-0.15, -0.1) is 11.8 Å². The quantitative estimate of drug-likeness (QED) is 0.546. The van der Waals surface area contributed by atoms with Crippen molar-refractivity contribution in [3.63, 3.8) is 0 Å². The number of nitrogens with one attached hydrogen (secondary N) is 1. The molecule has 3 rings (SSSR count). The zero-order chi connectivity index (χ0) is 22.1. The number of rotatable bonds is 10. The Kier molecular flexibility index (Phi) is 8.83. The number of carbonyl (C=O) groups is 2. The third kappa shape index (κ3) is 6.76. The molecule has 1 aliphatic rings. The largest absolute Gasteiger partial charge is 0.497 e. The Morgan fingerprint density at radius 1 is 1.13 bits per heavy atom. The van der Waals surface area contributed by atoms with E-state index in [1.165, 1.54) is 11.8 Å². The van der Waals surface area contributed by atoms with Crippen LogP contribution in [0.3, 0.4) is 0 Å². The fourth-order valence-corrected chi connectivity index (χ4v) is 4.80. The van der Waals surface area contributed by atoms with Gasteiger partial charge in [-0.25, -0.2) is 0 Å². The first-order valence-corrected chi connectivity index (χ1v) is 12.0. The predicted molar refractivity (Wildman–Crippen MR) is 125 cm³/mol. The summed E-state index contributed by atoms with van der Waals surface area (Å²) in [7, 11) is 1.63. The highest BCUT2D eigenvalue weighted by molar-refractivity contribution is 8.00. The second-order valence-electron chi connectivity index (χ2n) is 7.89. The number of carbonyl (C=O) groups excluding carboxylic acids is 2. The highest BCUT2D eigenvalue weighted by atomic mass is 32.2. The molecule has 2 aromatic rings. The third-order valence-electron chi connectivity index (χ3n) is 5.68. The van der Waals surface area contributed by atoms with Crippen LogP contribution in [0, 0.1) is 0 Å². The second kappa shape index (κ2) is 11.8. The lowest BCUT2D eigenvalue weighted by Gasteiger charge is -2.31. The Labute approximate surface area is 189 Å². The maximum atomic E-state index is 13.3. The lowest BCUT2D eigenvalue weighted by atomic mass is 10.1. The number of ether oxygens (including phenoxy) is 1. The van der Waals surface area contributed by atoms with Gasteiger partial charge in [0.05, 0.1) is 12.9 Å². The van der Waals surface area contributed by atoms with E-state index in [4.69, 9.17) is 4.74 Å². The average Bonchev–Trinajstić information content (AvgIpc) is 3.31. The SMILES string of the molecule is CC[C@H](C(=O)NC1CCCC1)N(Cc1cccc(OC)c1)C(=O)CSc1ccccc1. The molecule has 0 aliphatic heterocycles. The molecule has 0 saturated heterocycles. The van der Waals surface area contributed by atoms with Crippen molar-refractivity contribution >= 4 is 23.6 Å². The number of benzene rings is 2. The summed E-state index contributed by atoms with van der Waals surface area (Å²) in [6, 6.07) is 17.3. The number of amides is 2. The van der Waals surface area contributed by atoms with Crippen LogP contribution in [-0.4, -0.2) is 41.7 Å². The van der Waals surface area contributed by atoms with Crippen molar-refractivity contribution in [2.75, 3.05) is 12.9 Å². The van der Waals surface area contributed by atoms with Gasteiger partial charge >= 0.3 is 0 Å². The first-order chi connectivity index (χ1) is 15.1. The minimum absolute atomic E-state index is 0.0369. The molecule has 1 N–H and O–H groups in total. The van der Waals surface area contributed by atoms with Gasteiger partial charge in [-0.2, -0.15) is 0 Å². The number of hydrogen-bond donors (Lipinski definition) is 1. The van der Waals surface area contributed by atoms with Crippen LogP contribution in [0.25, 0.3) is 0 Å². The van der Waals surface area contributed by atoms with E-state index >= 15 is 0 Å². The molecule has 166 valence electrons. The Hall–Kier alpha value is -2.47. The van der Waals surface area contributed by atoms with Gasteiger partial charge in [0, 0.05) is 17.5 Å². The van der Waals surface area contributed by atoms with Crippen molar-refractivity contribution in [3.8, 4) is 5.75 Å². The summed E-state index contributed by atoms with van der Waals surface area (Å²) in [5.41, 5.74) is 0.949. The van der Waals surface area contributed by atoms with E-state index in [0.29, 0.717) is 18.7 Å². The molecule has 0 unspecified atom stereocenters. The molecule has 0 bridgehead atoms. The topological polar surface area (TPSA) is 58.6 Å². The molecule has 0 spiro atoms. The Morgan fingerprint density at radius 2 is 1.87 bits per heavy atom. The van der Waals surface area contributed by atoms with Crippen LogP contribution in [0.5, 0.6) is 5.75 Å². The molecule has 2 amide bonds. The zero-order valence-corrected chi connectivity index (χ0v) is 19.2. The molecular formula is C25H32N2O3S. The van der Waals surface area contributed by atoms with E-state index < -0.39 is 6.04 Å². The van der Waals surface area contributed by atoms with Gasteiger partial charge in [-0.1, -0.05) is 50.1 Å². The van der Waals surface area contributed by atoms with Gasteiger partial charge in [0.15, 0.2) is 0 Å². The molecule has 31 heavy (non-hydrogen) atoms. The lowest BCUT2D eigenvalue weighted by Crippen LogP contribution is -2.51. The van der Waals surface area contributed by atoms with Gasteiger partial charge in [0.2, 0.25) is 11.8 Å². The molecular weight excluding hydrogens is 408 g/mol. The maximum absolute atomic E-state index is 13.3. The summed E-state index contributed by atoms with van der Waals surface area (Å²) in [5, 5.41) is 3.18. The van der Waals surface area contributed by atoms with Crippen LogP contribution in [0.1, 0.15) is 44.6 Å². The molecule has 0 heterocycles. The molecule has 6 heteroatoms. The van der Waals surface area contributed by atoms with Gasteiger partial charge < -0.3 is 15.0 Å². The molecule has 1 atom stereocenters. The summed E-state index contributed by atoms with van der Waals surface area (Å²) in [4.78, 5) is 29.2. The van der Waals surface area contributed by atoms with Gasteiger partial charge in [-0.05, 0) is 49.1 Å². The Balaban J connectivity index is 1.76. The van der Waals surface area contributed by atoms with Gasteiger partial charge in [0.1, 0.15) is 11.8 Å². The van der Waals surface area contributed by atoms with Gasteiger partial charge in [-0.3, -0.25) is 9.59 Å². The molecule has 0 aromatic heterocycles. The lowest BCUT2D eigenvalue weighted by molar-refractivity contribution is -0.139. The second-order valence-corrected chi connectivity index (χ2v) is 8.94. The first-order valence-electron chi connectivity index (χ1n) is 11.0. The molecule has 1 saturated carbocycles. The summed E-state index contributed by atoms with van der Waals surface area (Å²) in [5.74, 6) is 0.953.